The SMILES string of the molecule is O=C(Nc1cc(C(F)(F)F)ccc1I)C1CCCN(C(=O)C2CC2)C1. The summed E-state index contributed by atoms with van der Waals surface area (Å²) in [5.41, 5.74) is -0.636. The van der Waals surface area contributed by atoms with E-state index in [1.165, 1.54) is 6.07 Å². The van der Waals surface area contributed by atoms with E-state index in [1.54, 1.807) is 4.90 Å². The molecule has 1 N–H and O–H groups in total. The molecule has 2 amide bonds. The molecule has 4 nitrogen and oxygen atoms in total. The van der Waals surface area contributed by atoms with E-state index in [4.69, 9.17) is 0 Å². The maximum absolute atomic E-state index is 12.9. The number of piperidine rings is 1. The van der Waals surface area contributed by atoms with Crippen LogP contribution in [0.1, 0.15) is 31.2 Å². The summed E-state index contributed by atoms with van der Waals surface area (Å²) >= 11 is 1.89. The molecule has 1 aromatic rings. The highest BCUT2D eigenvalue weighted by Gasteiger charge is 2.37. The van der Waals surface area contributed by atoms with Gasteiger partial charge in [-0.1, -0.05) is 0 Å². The van der Waals surface area contributed by atoms with Gasteiger partial charge >= 0.3 is 6.18 Å². The molecule has 25 heavy (non-hydrogen) atoms. The molecule has 3 rings (SSSR count). The van der Waals surface area contributed by atoms with E-state index in [2.05, 4.69) is 5.32 Å². The number of amides is 2. The highest BCUT2D eigenvalue weighted by atomic mass is 127. The molecule has 1 aliphatic carbocycles. The molecule has 1 aliphatic heterocycles. The number of hydrogen-bond donors (Lipinski definition) is 1. The van der Waals surface area contributed by atoms with Crippen molar-refractivity contribution in [2.45, 2.75) is 31.9 Å². The number of likely N-dealkylation sites (tertiary alicyclic amines) is 1. The molecule has 0 spiro atoms. The Kier molecular flexibility index (Phi) is 5.26. The molecule has 0 radical (unpaired) electrons. The standard InChI is InChI=1S/C17H18F3IN2O2/c18-17(19,20)12-5-6-13(21)14(8-12)22-15(24)11-2-1-7-23(9-11)16(25)10-3-4-10/h5-6,8,10-11H,1-4,7,9H2,(H,22,24). The molecule has 1 saturated carbocycles. The predicted molar refractivity (Wildman–Crippen MR) is 94.8 cm³/mol. The van der Waals surface area contributed by atoms with E-state index < -0.39 is 11.7 Å². The van der Waals surface area contributed by atoms with Crippen LogP contribution in [0.4, 0.5) is 18.9 Å². The van der Waals surface area contributed by atoms with Crippen molar-refractivity contribution in [1.29, 1.82) is 0 Å². The van der Waals surface area contributed by atoms with Crippen LogP contribution in [-0.2, 0) is 15.8 Å². The Morgan fingerprint density at radius 1 is 1.16 bits per heavy atom. The second-order valence-corrected chi connectivity index (χ2v) is 7.74. The van der Waals surface area contributed by atoms with Crippen molar-refractivity contribution in [3.63, 3.8) is 0 Å². The lowest BCUT2D eigenvalue weighted by molar-refractivity contribution is -0.138. The van der Waals surface area contributed by atoms with Gasteiger partial charge in [-0.25, -0.2) is 0 Å². The van der Waals surface area contributed by atoms with E-state index >= 15 is 0 Å². The number of rotatable bonds is 3. The molecule has 136 valence electrons. The van der Waals surface area contributed by atoms with Gasteiger partial charge in [0.2, 0.25) is 11.8 Å². The van der Waals surface area contributed by atoms with E-state index in [-0.39, 0.29) is 29.3 Å². The number of carbonyl (C=O) groups excluding carboxylic acids is 2. The molecule has 0 aromatic heterocycles. The first-order valence-corrected chi connectivity index (χ1v) is 9.30. The number of anilines is 1. The third-order valence-electron chi connectivity index (χ3n) is 4.58. The zero-order valence-electron chi connectivity index (χ0n) is 13.4. The predicted octanol–water partition coefficient (Wildman–Crippen LogP) is 3.90. The Balaban J connectivity index is 1.68. The highest BCUT2D eigenvalue weighted by molar-refractivity contribution is 14.1. The van der Waals surface area contributed by atoms with Gasteiger partial charge in [0.1, 0.15) is 0 Å². The van der Waals surface area contributed by atoms with Crippen LogP contribution >= 0.6 is 22.6 Å². The highest BCUT2D eigenvalue weighted by Crippen LogP contribution is 2.34. The van der Waals surface area contributed by atoms with E-state index in [1.807, 2.05) is 22.6 Å². The number of nitrogens with one attached hydrogen (secondary N) is 1. The first-order chi connectivity index (χ1) is 11.8. The normalized spacial score (nSPS) is 21.1. The van der Waals surface area contributed by atoms with Gasteiger partial charge in [-0.05, 0) is 66.5 Å². The summed E-state index contributed by atoms with van der Waals surface area (Å²) in [6.45, 7) is 0.997. The summed E-state index contributed by atoms with van der Waals surface area (Å²) in [5, 5.41) is 2.61. The van der Waals surface area contributed by atoms with Crippen LogP contribution in [0, 0.1) is 15.4 Å². The minimum Gasteiger partial charge on any atom is -0.342 e. The fraction of sp³-hybridized carbons (Fsp3) is 0.529. The summed E-state index contributed by atoms with van der Waals surface area (Å²) in [6.07, 6.45) is -1.27. The molecule has 1 aromatic carbocycles. The van der Waals surface area contributed by atoms with Gasteiger partial charge in [-0.2, -0.15) is 13.2 Å². The Bertz CT molecular complexity index is 689. The van der Waals surface area contributed by atoms with Crippen LogP contribution in [0.3, 0.4) is 0 Å². The number of nitrogens with zero attached hydrogens (tertiary/aromatic N) is 1. The lowest BCUT2D eigenvalue weighted by Crippen LogP contribution is -2.44. The van der Waals surface area contributed by atoms with Crippen LogP contribution in [-0.4, -0.2) is 29.8 Å². The molecule has 0 bridgehead atoms. The van der Waals surface area contributed by atoms with Gasteiger partial charge in [0.15, 0.2) is 0 Å². The van der Waals surface area contributed by atoms with Gasteiger partial charge in [0.25, 0.3) is 0 Å². The van der Waals surface area contributed by atoms with Crippen molar-refractivity contribution in [2.75, 3.05) is 18.4 Å². The monoisotopic (exact) mass is 466 g/mol. The number of hydrogen-bond acceptors (Lipinski definition) is 2. The summed E-state index contributed by atoms with van der Waals surface area (Å²) in [6, 6.07) is 3.28. The quantitative estimate of drug-likeness (QED) is 0.688. The third kappa shape index (κ3) is 4.45. The van der Waals surface area contributed by atoms with Gasteiger partial charge in [0.05, 0.1) is 17.2 Å². The fourth-order valence-corrected chi connectivity index (χ4v) is 3.48. The third-order valence-corrected chi connectivity index (χ3v) is 5.52. The minimum atomic E-state index is -4.46. The molecule has 1 heterocycles. The summed E-state index contributed by atoms with van der Waals surface area (Å²) in [4.78, 5) is 26.4. The summed E-state index contributed by atoms with van der Waals surface area (Å²) in [5.74, 6) is -0.510. The zero-order valence-corrected chi connectivity index (χ0v) is 15.6. The van der Waals surface area contributed by atoms with Crippen LogP contribution in [0.15, 0.2) is 18.2 Å². The fourth-order valence-electron chi connectivity index (χ4n) is 3.01. The maximum atomic E-state index is 12.9. The van der Waals surface area contributed by atoms with Crippen molar-refractivity contribution in [1.82, 2.24) is 4.90 Å². The van der Waals surface area contributed by atoms with E-state index in [0.29, 0.717) is 23.1 Å². The number of halogens is 4. The zero-order chi connectivity index (χ0) is 18.2. The Morgan fingerprint density at radius 3 is 2.52 bits per heavy atom. The van der Waals surface area contributed by atoms with Crippen molar-refractivity contribution in [3.05, 3.63) is 27.3 Å². The average molecular weight is 466 g/mol. The van der Waals surface area contributed by atoms with Crippen LogP contribution in [0.25, 0.3) is 0 Å². The van der Waals surface area contributed by atoms with Crippen molar-refractivity contribution in [2.24, 2.45) is 11.8 Å². The second kappa shape index (κ2) is 7.13. The van der Waals surface area contributed by atoms with Gasteiger partial charge < -0.3 is 10.2 Å². The van der Waals surface area contributed by atoms with Crippen molar-refractivity contribution in [3.8, 4) is 0 Å². The molecule has 8 heteroatoms. The van der Waals surface area contributed by atoms with Gasteiger partial charge in [0, 0.05) is 22.6 Å². The Labute approximate surface area is 157 Å². The lowest BCUT2D eigenvalue weighted by atomic mass is 9.96. The Hall–Kier alpha value is -1.32. The summed E-state index contributed by atoms with van der Waals surface area (Å²) in [7, 11) is 0. The number of benzene rings is 1. The lowest BCUT2D eigenvalue weighted by Gasteiger charge is -2.32. The van der Waals surface area contributed by atoms with Crippen LogP contribution in [0.5, 0.6) is 0 Å². The Morgan fingerprint density at radius 2 is 1.88 bits per heavy atom. The molecule has 1 saturated heterocycles. The van der Waals surface area contributed by atoms with E-state index in [0.717, 1.165) is 31.4 Å². The molecule has 2 fully saturated rings. The smallest absolute Gasteiger partial charge is 0.342 e. The van der Waals surface area contributed by atoms with Crippen molar-refractivity contribution < 1.29 is 22.8 Å². The summed E-state index contributed by atoms with van der Waals surface area (Å²) < 4.78 is 39.1. The molecular weight excluding hydrogens is 448 g/mol. The first kappa shape index (κ1) is 18.5. The molecule has 2 aliphatic rings. The maximum Gasteiger partial charge on any atom is 0.416 e. The van der Waals surface area contributed by atoms with Crippen LogP contribution < -0.4 is 5.32 Å². The van der Waals surface area contributed by atoms with E-state index in [9.17, 15) is 22.8 Å². The largest absolute Gasteiger partial charge is 0.416 e. The molecule has 1 unspecified atom stereocenters. The van der Waals surface area contributed by atoms with Crippen molar-refractivity contribution >= 4 is 40.1 Å². The topological polar surface area (TPSA) is 49.4 Å². The number of alkyl halides is 3. The molecule has 1 atom stereocenters. The minimum absolute atomic E-state index is 0.103. The van der Waals surface area contributed by atoms with Crippen LogP contribution in [0.2, 0.25) is 0 Å². The van der Waals surface area contributed by atoms with Gasteiger partial charge in [-0.15, -0.1) is 0 Å². The average Bonchev–Trinajstić information content (AvgIpc) is 3.40. The second-order valence-electron chi connectivity index (χ2n) is 6.58. The number of carbonyl (C=O) groups is 2. The molecular formula is C17H18F3IN2O2. The first-order valence-electron chi connectivity index (χ1n) is 8.22. The van der Waals surface area contributed by atoms with Gasteiger partial charge in [-0.3, -0.25) is 9.59 Å².